The van der Waals surface area contributed by atoms with Crippen LogP contribution >= 0.6 is 0 Å². The van der Waals surface area contributed by atoms with Gasteiger partial charge in [0.25, 0.3) is 0 Å². The van der Waals surface area contributed by atoms with Gasteiger partial charge in [0.15, 0.2) is 5.96 Å². The molecule has 1 aromatic heterocycles. The van der Waals surface area contributed by atoms with Gasteiger partial charge in [0.2, 0.25) is 0 Å². The summed E-state index contributed by atoms with van der Waals surface area (Å²) in [5.74, 6) is 1.87. The molecule has 1 heterocycles. The second kappa shape index (κ2) is 11.3. The summed E-state index contributed by atoms with van der Waals surface area (Å²) in [6, 6.07) is 8.56. The predicted molar refractivity (Wildman–Crippen MR) is 106 cm³/mol. The van der Waals surface area contributed by atoms with E-state index in [9.17, 15) is 0 Å². The number of guanidine groups is 1. The van der Waals surface area contributed by atoms with Gasteiger partial charge in [-0.1, -0.05) is 24.3 Å². The van der Waals surface area contributed by atoms with Crippen molar-refractivity contribution in [3.8, 4) is 0 Å². The molecule has 0 amide bonds. The smallest absolute Gasteiger partial charge is 0.191 e. The summed E-state index contributed by atoms with van der Waals surface area (Å²) in [4.78, 5) is 8.97. The van der Waals surface area contributed by atoms with Crippen LogP contribution in [0.5, 0.6) is 0 Å². The Balaban J connectivity index is 1.91. The minimum atomic E-state index is 0.650. The first kappa shape index (κ1) is 20.0. The van der Waals surface area contributed by atoms with Crippen LogP contribution in [0.25, 0.3) is 0 Å². The van der Waals surface area contributed by atoms with E-state index in [0.717, 1.165) is 51.1 Å². The number of ether oxygens (including phenoxy) is 1. The van der Waals surface area contributed by atoms with Crippen molar-refractivity contribution in [1.29, 1.82) is 0 Å². The van der Waals surface area contributed by atoms with E-state index >= 15 is 0 Å². The van der Waals surface area contributed by atoms with Crippen molar-refractivity contribution < 1.29 is 4.74 Å². The zero-order valence-corrected chi connectivity index (χ0v) is 16.2. The van der Waals surface area contributed by atoms with Crippen LogP contribution in [0.3, 0.4) is 0 Å². The number of hydrogen-bond donors (Lipinski definition) is 2. The maximum atomic E-state index is 5.36. The van der Waals surface area contributed by atoms with Crippen molar-refractivity contribution >= 4 is 5.96 Å². The van der Waals surface area contributed by atoms with Crippen LogP contribution in [0.1, 0.15) is 37.2 Å². The Labute approximate surface area is 156 Å². The lowest BCUT2D eigenvalue weighted by molar-refractivity contribution is 0.145. The quantitative estimate of drug-likeness (QED) is 0.390. The maximum absolute atomic E-state index is 5.36. The number of nitrogens with one attached hydrogen (secondary N) is 2. The summed E-state index contributed by atoms with van der Waals surface area (Å²) in [5, 5.41) is 6.64. The van der Waals surface area contributed by atoms with Gasteiger partial charge in [0.1, 0.15) is 5.82 Å². The maximum Gasteiger partial charge on any atom is 0.191 e. The summed E-state index contributed by atoms with van der Waals surface area (Å²) in [7, 11) is 0. The lowest BCUT2D eigenvalue weighted by Gasteiger charge is -2.11. The molecule has 26 heavy (non-hydrogen) atoms. The van der Waals surface area contributed by atoms with Gasteiger partial charge in [-0.2, -0.15) is 0 Å². The van der Waals surface area contributed by atoms with E-state index in [0.29, 0.717) is 6.54 Å². The molecule has 6 nitrogen and oxygen atoms in total. The van der Waals surface area contributed by atoms with E-state index in [1.807, 2.05) is 26.2 Å². The van der Waals surface area contributed by atoms with E-state index in [4.69, 9.17) is 9.73 Å². The van der Waals surface area contributed by atoms with Crippen LogP contribution < -0.4 is 10.6 Å². The first-order valence-electron chi connectivity index (χ1n) is 9.38. The van der Waals surface area contributed by atoms with Crippen LogP contribution in [-0.4, -0.2) is 41.8 Å². The Morgan fingerprint density at radius 3 is 2.81 bits per heavy atom. The Bertz CT molecular complexity index is 680. The highest BCUT2D eigenvalue weighted by atomic mass is 16.5. The third-order valence-corrected chi connectivity index (χ3v) is 3.99. The summed E-state index contributed by atoms with van der Waals surface area (Å²) in [6.07, 6.45) is 4.82. The Morgan fingerprint density at radius 2 is 2.08 bits per heavy atom. The first-order chi connectivity index (χ1) is 12.7. The number of hydrogen-bond acceptors (Lipinski definition) is 3. The van der Waals surface area contributed by atoms with Gasteiger partial charge in [-0.3, -0.25) is 0 Å². The monoisotopic (exact) mass is 357 g/mol. The predicted octanol–water partition coefficient (Wildman–Crippen LogP) is 2.72. The molecule has 0 radical (unpaired) electrons. The van der Waals surface area contributed by atoms with Crippen LogP contribution in [0.4, 0.5) is 0 Å². The van der Waals surface area contributed by atoms with Crippen LogP contribution in [0.15, 0.2) is 41.7 Å². The third-order valence-electron chi connectivity index (χ3n) is 3.99. The molecule has 2 N–H and O–H groups in total. The van der Waals surface area contributed by atoms with Gasteiger partial charge in [-0.15, -0.1) is 0 Å². The minimum Gasteiger partial charge on any atom is -0.382 e. The lowest BCUT2D eigenvalue weighted by Crippen LogP contribution is -2.38. The average molecular weight is 358 g/mol. The number of aliphatic imine (C=N–C) groups is 1. The topological polar surface area (TPSA) is 63.5 Å². The molecule has 0 unspecified atom stereocenters. The SMILES string of the molecule is CCNC(=NCc1cccc(Cn2ccnc2C)c1)NCCCOCC. The Kier molecular flexibility index (Phi) is 8.69. The number of aromatic nitrogens is 2. The molecule has 2 rings (SSSR count). The van der Waals surface area contributed by atoms with Crippen molar-refractivity contribution in [3.05, 3.63) is 53.6 Å². The molecule has 0 saturated heterocycles. The average Bonchev–Trinajstić information content (AvgIpc) is 3.04. The minimum absolute atomic E-state index is 0.650. The molecule has 1 aromatic carbocycles. The molecule has 0 spiro atoms. The zero-order valence-electron chi connectivity index (χ0n) is 16.2. The third kappa shape index (κ3) is 6.88. The highest BCUT2D eigenvalue weighted by molar-refractivity contribution is 5.79. The summed E-state index contributed by atoms with van der Waals surface area (Å²) in [6.45, 7) is 10.8. The molecule has 0 aliphatic rings. The molecule has 0 aliphatic heterocycles. The second-order valence-corrected chi connectivity index (χ2v) is 6.09. The number of rotatable bonds is 10. The van der Waals surface area contributed by atoms with Crippen molar-refractivity contribution in [2.45, 2.75) is 40.3 Å². The number of benzene rings is 1. The van der Waals surface area contributed by atoms with Gasteiger partial charge < -0.3 is 19.9 Å². The zero-order chi connectivity index (χ0) is 18.6. The Hall–Kier alpha value is -2.34. The fourth-order valence-electron chi connectivity index (χ4n) is 2.63. The molecular weight excluding hydrogens is 326 g/mol. The fraction of sp³-hybridized carbons (Fsp3) is 0.500. The van der Waals surface area contributed by atoms with E-state index < -0.39 is 0 Å². The number of aryl methyl sites for hydroxylation is 1. The van der Waals surface area contributed by atoms with Gasteiger partial charge in [0, 0.05) is 45.2 Å². The van der Waals surface area contributed by atoms with Crippen molar-refractivity contribution in [3.63, 3.8) is 0 Å². The normalized spacial score (nSPS) is 11.6. The number of imidazole rings is 1. The van der Waals surface area contributed by atoms with E-state index in [1.54, 1.807) is 0 Å². The molecule has 142 valence electrons. The molecule has 0 fully saturated rings. The second-order valence-electron chi connectivity index (χ2n) is 6.09. The van der Waals surface area contributed by atoms with E-state index in [1.165, 1.54) is 11.1 Å². The molecule has 6 heteroatoms. The molecule has 0 saturated carbocycles. The van der Waals surface area contributed by atoms with Gasteiger partial charge in [-0.05, 0) is 38.3 Å². The molecular formula is C20H31N5O. The molecule has 0 aliphatic carbocycles. The van der Waals surface area contributed by atoms with Crippen molar-refractivity contribution in [2.75, 3.05) is 26.3 Å². The van der Waals surface area contributed by atoms with Crippen LogP contribution in [-0.2, 0) is 17.8 Å². The number of nitrogens with zero attached hydrogens (tertiary/aromatic N) is 3. The first-order valence-corrected chi connectivity index (χ1v) is 9.38. The standard InChI is InChI=1S/C20H31N5O/c1-4-21-20(23-10-7-13-26-5-2)24-15-18-8-6-9-19(14-18)16-25-12-11-22-17(25)3/h6,8-9,11-12,14H,4-5,7,10,13,15-16H2,1-3H3,(H2,21,23,24). The van der Waals surface area contributed by atoms with Crippen molar-refractivity contribution in [2.24, 2.45) is 4.99 Å². The summed E-state index contributed by atoms with van der Waals surface area (Å²) < 4.78 is 7.51. The molecule has 0 atom stereocenters. The van der Waals surface area contributed by atoms with Gasteiger partial charge in [-0.25, -0.2) is 9.98 Å². The molecule has 0 bridgehead atoms. The Morgan fingerprint density at radius 1 is 1.23 bits per heavy atom. The van der Waals surface area contributed by atoms with E-state index in [-0.39, 0.29) is 0 Å². The summed E-state index contributed by atoms with van der Waals surface area (Å²) >= 11 is 0. The van der Waals surface area contributed by atoms with E-state index in [2.05, 4.69) is 51.4 Å². The largest absolute Gasteiger partial charge is 0.382 e. The molecule has 2 aromatic rings. The fourth-order valence-corrected chi connectivity index (χ4v) is 2.63. The van der Waals surface area contributed by atoms with Crippen LogP contribution in [0.2, 0.25) is 0 Å². The van der Waals surface area contributed by atoms with Gasteiger partial charge in [0.05, 0.1) is 6.54 Å². The highest BCUT2D eigenvalue weighted by Gasteiger charge is 2.01. The highest BCUT2D eigenvalue weighted by Crippen LogP contribution is 2.09. The van der Waals surface area contributed by atoms with Crippen molar-refractivity contribution in [1.82, 2.24) is 20.2 Å². The van der Waals surface area contributed by atoms with Gasteiger partial charge >= 0.3 is 0 Å². The van der Waals surface area contributed by atoms with Crippen LogP contribution in [0, 0.1) is 6.92 Å². The lowest BCUT2D eigenvalue weighted by atomic mass is 10.1. The summed E-state index contributed by atoms with van der Waals surface area (Å²) in [5.41, 5.74) is 2.46.